The monoisotopic (exact) mass is 271 g/mol. The molecule has 0 atom stereocenters. The third-order valence-electron chi connectivity index (χ3n) is 1.88. The van der Waals surface area contributed by atoms with E-state index in [1.807, 2.05) is 12.5 Å². The van der Waals surface area contributed by atoms with Crippen LogP contribution in [0.3, 0.4) is 0 Å². The molecule has 0 aromatic carbocycles. The van der Waals surface area contributed by atoms with E-state index in [0.717, 1.165) is 0 Å². The van der Waals surface area contributed by atoms with Crippen LogP contribution in [-0.2, 0) is 0 Å². The van der Waals surface area contributed by atoms with Crippen molar-refractivity contribution in [3.05, 3.63) is 6.20 Å². The summed E-state index contributed by atoms with van der Waals surface area (Å²) in [5.74, 6) is 0.665. The number of rotatable bonds is 3. The first-order chi connectivity index (χ1) is 8.13. The molecule has 0 aliphatic rings. The number of nitrogens with one attached hydrogen (secondary N) is 1. The molecule has 0 radical (unpaired) electrons. The molecule has 2 rings (SSSR count). The van der Waals surface area contributed by atoms with Gasteiger partial charge in [-0.2, -0.15) is 15.0 Å². The third kappa shape index (κ3) is 2.44. The Morgan fingerprint density at radius 2 is 2.12 bits per heavy atom. The first kappa shape index (κ1) is 12.0. The number of thioether (sulfide) groups is 2. The maximum absolute atomic E-state index is 10.5. The summed E-state index contributed by atoms with van der Waals surface area (Å²) < 4.78 is 1.65. The van der Waals surface area contributed by atoms with Gasteiger partial charge in [-0.3, -0.25) is 9.72 Å². The van der Waals surface area contributed by atoms with E-state index in [9.17, 15) is 4.79 Å². The number of carboxylic acid groups (broad SMARTS) is 1. The zero-order chi connectivity index (χ0) is 12.4. The van der Waals surface area contributed by atoms with E-state index in [-0.39, 0.29) is 5.82 Å². The van der Waals surface area contributed by atoms with Gasteiger partial charge in [-0.25, -0.2) is 4.79 Å². The number of hydrogen-bond acceptors (Lipinski definition) is 6. The van der Waals surface area contributed by atoms with Crippen molar-refractivity contribution in [1.29, 1.82) is 0 Å². The SMILES string of the molecule is CSc1nc(SC)n2cc(NC(=O)O)nc2n1. The number of amides is 1. The van der Waals surface area contributed by atoms with Crippen LogP contribution in [0.1, 0.15) is 0 Å². The maximum atomic E-state index is 10.5. The van der Waals surface area contributed by atoms with Crippen molar-refractivity contribution >= 4 is 41.2 Å². The second-order valence-corrected chi connectivity index (χ2v) is 4.47. The van der Waals surface area contributed by atoms with Crippen molar-refractivity contribution in [3.8, 4) is 0 Å². The predicted octanol–water partition coefficient (Wildman–Crippen LogP) is 1.66. The lowest BCUT2D eigenvalue weighted by Crippen LogP contribution is -2.07. The lowest BCUT2D eigenvalue weighted by molar-refractivity contribution is 0.209. The molecule has 0 spiro atoms. The van der Waals surface area contributed by atoms with Crippen LogP contribution >= 0.6 is 23.5 Å². The van der Waals surface area contributed by atoms with Crippen molar-refractivity contribution in [2.45, 2.75) is 10.3 Å². The zero-order valence-corrected chi connectivity index (χ0v) is 10.7. The minimum absolute atomic E-state index is 0.236. The van der Waals surface area contributed by atoms with Gasteiger partial charge < -0.3 is 5.11 Å². The molecule has 0 aliphatic heterocycles. The first-order valence-corrected chi connectivity index (χ1v) is 6.94. The van der Waals surface area contributed by atoms with Crippen molar-refractivity contribution in [2.75, 3.05) is 17.8 Å². The van der Waals surface area contributed by atoms with Gasteiger partial charge in [0.15, 0.2) is 16.1 Å². The summed E-state index contributed by atoms with van der Waals surface area (Å²) >= 11 is 2.85. The lowest BCUT2D eigenvalue weighted by atomic mass is 10.7. The van der Waals surface area contributed by atoms with Gasteiger partial charge in [0.05, 0.1) is 6.20 Å². The van der Waals surface area contributed by atoms with Crippen LogP contribution in [-0.4, -0.2) is 43.1 Å². The van der Waals surface area contributed by atoms with Crippen LogP contribution in [0.4, 0.5) is 10.6 Å². The summed E-state index contributed by atoms with van der Waals surface area (Å²) in [6, 6.07) is 0. The molecule has 0 unspecified atom stereocenters. The number of fused-ring (bicyclic) bond motifs is 1. The Balaban J connectivity index is 2.54. The Kier molecular flexibility index (Phi) is 3.38. The van der Waals surface area contributed by atoms with Gasteiger partial charge in [-0.15, -0.1) is 0 Å². The molecule has 2 aromatic rings. The standard InChI is InChI=1S/C8H9N5O2S2/c1-16-6-11-5-9-4(10-8(14)15)3-13(5)7(12-6)17-2/h3,10H,1-2H3,(H,14,15). The molecule has 90 valence electrons. The Morgan fingerprint density at radius 1 is 1.35 bits per heavy atom. The molecule has 2 heterocycles. The molecular formula is C8H9N5O2S2. The first-order valence-electron chi connectivity index (χ1n) is 4.49. The summed E-state index contributed by atoms with van der Waals surface area (Å²) in [6.45, 7) is 0. The molecule has 0 aliphatic carbocycles. The second-order valence-electron chi connectivity index (χ2n) is 2.92. The van der Waals surface area contributed by atoms with E-state index < -0.39 is 6.09 Å². The summed E-state index contributed by atoms with van der Waals surface area (Å²) in [4.78, 5) is 23.1. The highest BCUT2D eigenvalue weighted by atomic mass is 32.2. The predicted molar refractivity (Wildman–Crippen MR) is 66.0 cm³/mol. The van der Waals surface area contributed by atoms with Gasteiger partial charge in [-0.05, 0) is 12.5 Å². The fourth-order valence-electron chi connectivity index (χ4n) is 1.24. The minimum atomic E-state index is -1.16. The molecule has 2 N–H and O–H groups in total. The van der Waals surface area contributed by atoms with Crippen LogP contribution in [0.15, 0.2) is 16.5 Å². The quantitative estimate of drug-likeness (QED) is 0.820. The largest absolute Gasteiger partial charge is 0.465 e. The van der Waals surface area contributed by atoms with E-state index in [4.69, 9.17) is 5.11 Å². The highest BCUT2D eigenvalue weighted by molar-refractivity contribution is 7.99. The van der Waals surface area contributed by atoms with E-state index >= 15 is 0 Å². The molecule has 17 heavy (non-hydrogen) atoms. The van der Waals surface area contributed by atoms with E-state index in [1.165, 1.54) is 23.5 Å². The minimum Gasteiger partial charge on any atom is -0.465 e. The molecule has 2 aromatic heterocycles. The fourth-order valence-corrected chi connectivity index (χ4v) is 2.16. The van der Waals surface area contributed by atoms with Crippen LogP contribution in [0, 0.1) is 0 Å². The number of hydrogen-bond donors (Lipinski definition) is 2. The topological polar surface area (TPSA) is 92.4 Å². The summed E-state index contributed by atoms with van der Waals surface area (Å²) in [5, 5.41) is 12.1. The van der Waals surface area contributed by atoms with Crippen molar-refractivity contribution in [3.63, 3.8) is 0 Å². The number of aromatic nitrogens is 4. The smallest absolute Gasteiger partial charge is 0.410 e. The average molecular weight is 271 g/mol. The van der Waals surface area contributed by atoms with Crippen LogP contribution in [0.5, 0.6) is 0 Å². The Hall–Kier alpha value is -1.48. The molecule has 9 heteroatoms. The molecule has 7 nitrogen and oxygen atoms in total. The maximum Gasteiger partial charge on any atom is 0.410 e. The number of anilines is 1. The third-order valence-corrected chi connectivity index (χ3v) is 3.08. The van der Waals surface area contributed by atoms with Gasteiger partial charge in [-0.1, -0.05) is 23.5 Å². The van der Waals surface area contributed by atoms with Crippen LogP contribution < -0.4 is 5.32 Å². The van der Waals surface area contributed by atoms with E-state index in [2.05, 4.69) is 20.3 Å². The Bertz CT molecular complexity index is 570. The summed E-state index contributed by atoms with van der Waals surface area (Å²) in [5.41, 5.74) is 0. The second kappa shape index (κ2) is 4.80. The number of imidazole rings is 1. The van der Waals surface area contributed by atoms with E-state index in [1.54, 1.807) is 10.6 Å². The summed E-state index contributed by atoms with van der Waals surface area (Å²) in [6.07, 6.45) is 4.15. The molecule has 0 bridgehead atoms. The van der Waals surface area contributed by atoms with Gasteiger partial charge in [0.2, 0.25) is 5.78 Å². The molecule has 0 fully saturated rings. The molecular weight excluding hydrogens is 262 g/mol. The van der Waals surface area contributed by atoms with Crippen LogP contribution in [0.2, 0.25) is 0 Å². The summed E-state index contributed by atoms with van der Waals surface area (Å²) in [7, 11) is 0. The molecule has 0 saturated heterocycles. The Morgan fingerprint density at radius 3 is 2.71 bits per heavy atom. The number of carbonyl (C=O) groups is 1. The Labute approximate surface area is 105 Å². The fraction of sp³-hybridized carbons (Fsp3) is 0.250. The van der Waals surface area contributed by atoms with E-state index in [0.29, 0.717) is 16.1 Å². The molecule has 0 saturated carbocycles. The molecule has 1 amide bonds. The van der Waals surface area contributed by atoms with Crippen LogP contribution in [0.25, 0.3) is 5.78 Å². The lowest BCUT2D eigenvalue weighted by Gasteiger charge is -2.01. The van der Waals surface area contributed by atoms with Crippen molar-refractivity contribution < 1.29 is 9.90 Å². The van der Waals surface area contributed by atoms with Crippen molar-refractivity contribution in [1.82, 2.24) is 19.4 Å². The van der Waals surface area contributed by atoms with Gasteiger partial charge in [0, 0.05) is 0 Å². The average Bonchev–Trinajstić information content (AvgIpc) is 2.68. The normalized spacial score (nSPS) is 10.7. The van der Waals surface area contributed by atoms with Gasteiger partial charge >= 0.3 is 6.09 Å². The van der Waals surface area contributed by atoms with Gasteiger partial charge in [0.25, 0.3) is 0 Å². The zero-order valence-electron chi connectivity index (χ0n) is 9.04. The number of nitrogens with zero attached hydrogens (tertiary/aromatic N) is 4. The van der Waals surface area contributed by atoms with Crippen molar-refractivity contribution in [2.24, 2.45) is 0 Å². The highest BCUT2D eigenvalue weighted by Gasteiger charge is 2.11. The highest BCUT2D eigenvalue weighted by Crippen LogP contribution is 2.19. The van der Waals surface area contributed by atoms with Gasteiger partial charge in [0.1, 0.15) is 0 Å².